The van der Waals surface area contributed by atoms with E-state index in [0.717, 1.165) is 13.0 Å². The monoisotopic (exact) mass is 302 g/mol. The van der Waals surface area contributed by atoms with E-state index in [1.165, 1.54) is 19.2 Å². The lowest BCUT2D eigenvalue weighted by atomic mass is 10.2. The van der Waals surface area contributed by atoms with Crippen molar-refractivity contribution in [3.63, 3.8) is 0 Å². The van der Waals surface area contributed by atoms with Gasteiger partial charge in [-0.3, -0.25) is 0 Å². The lowest BCUT2D eigenvalue weighted by Crippen LogP contribution is -2.44. The van der Waals surface area contributed by atoms with Crippen LogP contribution in [0.1, 0.15) is 18.4 Å². The van der Waals surface area contributed by atoms with Gasteiger partial charge in [-0.25, -0.2) is 17.5 Å². The molecule has 2 N–H and O–H groups in total. The topological polar surface area (TPSA) is 67.4 Å². The van der Waals surface area contributed by atoms with Crippen molar-refractivity contribution < 1.29 is 17.5 Å². The molecule has 20 heavy (non-hydrogen) atoms. The smallest absolute Gasteiger partial charge is 0.216 e. The number of hydrogen-bond donors (Lipinski definition) is 2. The number of nitrogens with one attached hydrogen (secondary N) is 2. The standard InChI is InChI=1S/C13H19FN2O3S/c1-19-13-5-4-10(7-12(13)14)8-16-20(17,18)11-3-2-6-15-9-11/h4-5,7,11,15-16H,2-3,6,8-9H2,1H3. The van der Waals surface area contributed by atoms with Crippen LogP contribution in [-0.4, -0.2) is 33.9 Å². The summed E-state index contributed by atoms with van der Waals surface area (Å²) in [6.45, 7) is 1.40. The molecule has 2 rings (SSSR count). The maximum atomic E-state index is 13.5. The molecule has 1 fully saturated rings. The maximum Gasteiger partial charge on any atom is 0.216 e. The summed E-state index contributed by atoms with van der Waals surface area (Å²) in [6.07, 6.45) is 1.50. The van der Waals surface area contributed by atoms with Crippen LogP contribution >= 0.6 is 0 Å². The van der Waals surface area contributed by atoms with Gasteiger partial charge in [-0.2, -0.15) is 0 Å². The average Bonchev–Trinajstić information content (AvgIpc) is 2.46. The zero-order valence-electron chi connectivity index (χ0n) is 11.4. The van der Waals surface area contributed by atoms with Crippen LogP contribution < -0.4 is 14.8 Å². The Hall–Kier alpha value is -1.18. The van der Waals surface area contributed by atoms with Gasteiger partial charge in [0.1, 0.15) is 0 Å². The third-order valence-electron chi connectivity index (χ3n) is 3.38. The molecular formula is C13H19FN2O3S. The van der Waals surface area contributed by atoms with Crippen LogP contribution in [0.5, 0.6) is 5.75 Å². The quantitative estimate of drug-likeness (QED) is 0.852. The van der Waals surface area contributed by atoms with Gasteiger partial charge in [-0.05, 0) is 37.1 Å². The molecule has 1 aromatic rings. The van der Waals surface area contributed by atoms with Crippen molar-refractivity contribution in [2.45, 2.75) is 24.6 Å². The summed E-state index contributed by atoms with van der Waals surface area (Å²) in [4.78, 5) is 0. The number of sulfonamides is 1. The van der Waals surface area contributed by atoms with Crippen molar-refractivity contribution in [3.05, 3.63) is 29.6 Å². The van der Waals surface area contributed by atoms with Gasteiger partial charge >= 0.3 is 0 Å². The molecule has 0 spiro atoms. The first-order chi connectivity index (χ1) is 9.53. The van der Waals surface area contributed by atoms with E-state index in [1.807, 2.05) is 0 Å². The predicted molar refractivity (Wildman–Crippen MR) is 74.6 cm³/mol. The molecule has 0 saturated carbocycles. The van der Waals surface area contributed by atoms with Gasteiger partial charge in [0.2, 0.25) is 10.0 Å². The lowest BCUT2D eigenvalue weighted by Gasteiger charge is -2.23. The largest absolute Gasteiger partial charge is 0.494 e. The van der Waals surface area contributed by atoms with Crippen molar-refractivity contribution in [3.8, 4) is 5.75 Å². The van der Waals surface area contributed by atoms with Crippen LogP contribution in [0.3, 0.4) is 0 Å². The molecule has 1 aromatic carbocycles. The van der Waals surface area contributed by atoms with E-state index in [0.29, 0.717) is 18.5 Å². The number of benzene rings is 1. The van der Waals surface area contributed by atoms with Gasteiger partial charge in [0.05, 0.1) is 12.4 Å². The molecule has 0 aliphatic carbocycles. The highest BCUT2D eigenvalue weighted by atomic mass is 32.2. The molecule has 112 valence electrons. The molecule has 0 bridgehead atoms. The van der Waals surface area contributed by atoms with E-state index < -0.39 is 21.1 Å². The Balaban J connectivity index is 1.98. The Morgan fingerprint density at radius 1 is 1.50 bits per heavy atom. The Morgan fingerprint density at radius 2 is 2.30 bits per heavy atom. The number of ether oxygens (including phenoxy) is 1. The van der Waals surface area contributed by atoms with E-state index in [1.54, 1.807) is 6.07 Å². The number of halogens is 1. The molecule has 0 amide bonds. The second-order valence-electron chi connectivity index (χ2n) is 4.80. The molecule has 1 unspecified atom stereocenters. The maximum absolute atomic E-state index is 13.5. The minimum absolute atomic E-state index is 0.0831. The van der Waals surface area contributed by atoms with Crippen LogP contribution in [0.15, 0.2) is 18.2 Å². The Bertz CT molecular complexity index is 557. The Kier molecular flexibility index (Phi) is 4.95. The predicted octanol–water partition coefficient (Wildman–Crippen LogP) is 1.01. The molecule has 0 aromatic heterocycles. The fourth-order valence-electron chi connectivity index (χ4n) is 2.21. The Morgan fingerprint density at radius 3 is 2.90 bits per heavy atom. The first-order valence-corrected chi connectivity index (χ1v) is 8.09. The van der Waals surface area contributed by atoms with Crippen molar-refractivity contribution in [1.29, 1.82) is 0 Å². The number of methoxy groups -OCH3 is 1. The van der Waals surface area contributed by atoms with E-state index >= 15 is 0 Å². The van der Waals surface area contributed by atoms with E-state index in [9.17, 15) is 12.8 Å². The highest BCUT2D eigenvalue weighted by Crippen LogP contribution is 2.18. The van der Waals surface area contributed by atoms with Crippen LogP contribution in [0, 0.1) is 5.82 Å². The highest BCUT2D eigenvalue weighted by Gasteiger charge is 2.26. The summed E-state index contributed by atoms with van der Waals surface area (Å²) < 4.78 is 45.1. The summed E-state index contributed by atoms with van der Waals surface area (Å²) in [5.74, 6) is -0.350. The molecule has 1 aliphatic rings. The first kappa shape index (κ1) is 15.2. The van der Waals surface area contributed by atoms with Crippen molar-refractivity contribution in [2.24, 2.45) is 0 Å². The van der Waals surface area contributed by atoms with E-state index in [2.05, 4.69) is 10.0 Å². The van der Waals surface area contributed by atoms with Gasteiger partial charge in [-0.15, -0.1) is 0 Å². The zero-order chi connectivity index (χ0) is 14.6. The number of rotatable bonds is 5. The first-order valence-electron chi connectivity index (χ1n) is 6.54. The van der Waals surface area contributed by atoms with Crippen LogP contribution in [0.4, 0.5) is 4.39 Å². The lowest BCUT2D eigenvalue weighted by molar-refractivity contribution is 0.386. The zero-order valence-corrected chi connectivity index (χ0v) is 12.2. The van der Waals surface area contributed by atoms with Gasteiger partial charge in [0, 0.05) is 13.1 Å². The van der Waals surface area contributed by atoms with Crippen molar-refractivity contribution in [2.75, 3.05) is 20.2 Å². The summed E-state index contributed by atoms with van der Waals surface area (Å²) in [7, 11) is -1.99. The van der Waals surface area contributed by atoms with Crippen LogP contribution in [0.2, 0.25) is 0 Å². The van der Waals surface area contributed by atoms with Crippen LogP contribution in [-0.2, 0) is 16.6 Å². The Labute approximate surface area is 118 Å². The molecule has 5 nitrogen and oxygen atoms in total. The SMILES string of the molecule is COc1ccc(CNS(=O)(=O)C2CCCNC2)cc1F. The number of piperidine rings is 1. The third kappa shape index (κ3) is 3.68. The van der Waals surface area contributed by atoms with Crippen LogP contribution in [0.25, 0.3) is 0 Å². The van der Waals surface area contributed by atoms with Gasteiger partial charge in [0.25, 0.3) is 0 Å². The third-order valence-corrected chi connectivity index (χ3v) is 5.21. The highest BCUT2D eigenvalue weighted by molar-refractivity contribution is 7.90. The molecule has 7 heteroatoms. The second kappa shape index (κ2) is 6.51. The summed E-state index contributed by atoms with van der Waals surface area (Å²) in [5, 5.41) is 2.65. The van der Waals surface area contributed by atoms with Crippen molar-refractivity contribution in [1.82, 2.24) is 10.0 Å². The minimum atomic E-state index is -3.38. The summed E-state index contributed by atoms with van der Waals surface area (Å²) in [5.41, 5.74) is 0.565. The molecule has 1 heterocycles. The minimum Gasteiger partial charge on any atom is -0.494 e. The molecule has 1 saturated heterocycles. The van der Waals surface area contributed by atoms with Crippen molar-refractivity contribution >= 4 is 10.0 Å². The molecule has 1 atom stereocenters. The second-order valence-corrected chi connectivity index (χ2v) is 6.85. The number of hydrogen-bond acceptors (Lipinski definition) is 4. The van der Waals surface area contributed by atoms with E-state index in [-0.39, 0.29) is 12.3 Å². The summed E-state index contributed by atoms with van der Waals surface area (Å²) in [6, 6.07) is 4.41. The van der Waals surface area contributed by atoms with Gasteiger partial charge < -0.3 is 10.1 Å². The fraction of sp³-hybridized carbons (Fsp3) is 0.538. The van der Waals surface area contributed by atoms with Gasteiger partial charge in [0.15, 0.2) is 11.6 Å². The summed E-state index contributed by atoms with van der Waals surface area (Å²) >= 11 is 0. The average molecular weight is 302 g/mol. The van der Waals surface area contributed by atoms with E-state index in [4.69, 9.17) is 4.74 Å². The van der Waals surface area contributed by atoms with Gasteiger partial charge in [-0.1, -0.05) is 6.07 Å². The normalized spacial score (nSPS) is 19.8. The molecule has 1 aliphatic heterocycles. The fourth-order valence-corrected chi connectivity index (χ4v) is 3.62. The molecular weight excluding hydrogens is 283 g/mol. The molecule has 0 radical (unpaired) electrons.